The molecule has 3 aromatic carbocycles. The third-order valence-corrected chi connectivity index (χ3v) is 4.34. The molecule has 1 heterocycles. The van der Waals surface area contributed by atoms with Crippen molar-refractivity contribution in [1.29, 1.82) is 0 Å². The van der Waals surface area contributed by atoms with Crippen LogP contribution in [0, 0.1) is 0 Å². The molecule has 0 spiro atoms. The zero-order chi connectivity index (χ0) is 16.2. The highest BCUT2D eigenvalue weighted by atomic mass is 15.2. The van der Waals surface area contributed by atoms with Crippen LogP contribution in [0.5, 0.6) is 0 Å². The van der Waals surface area contributed by atoms with Crippen molar-refractivity contribution in [1.82, 2.24) is 10.6 Å². The molecule has 24 heavy (non-hydrogen) atoms. The molecule has 120 valence electrons. The predicted molar refractivity (Wildman–Crippen MR) is 99.9 cm³/mol. The molecule has 0 bridgehead atoms. The van der Waals surface area contributed by atoms with Crippen LogP contribution in [-0.4, -0.2) is 13.1 Å². The summed E-state index contributed by atoms with van der Waals surface area (Å²) in [7, 11) is 0. The Morgan fingerprint density at radius 1 is 0.583 bits per heavy atom. The summed E-state index contributed by atoms with van der Waals surface area (Å²) in [6.07, 6.45) is 0.265. The van der Waals surface area contributed by atoms with Gasteiger partial charge in [-0.1, -0.05) is 48.5 Å². The maximum atomic E-state index is 3.46. The summed E-state index contributed by atoms with van der Waals surface area (Å²) < 4.78 is 0. The van der Waals surface area contributed by atoms with Crippen molar-refractivity contribution in [2.24, 2.45) is 0 Å². The number of rotatable bonds is 4. The molecule has 3 heteroatoms. The van der Waals surface area contributed by atoms with Gasteiger partial charge in [0.25, 0.3) is 0 Å². The van der Waals surface area contributed by atoms with E-state index in [2.05, 4.69) is 88.3 Å². The Morgan fingerprint density at radius 2 is 1.04 bits per heavy atom. The first-order valence-corrected chi connectivity index (χ1v) is 8.39. The van der Waals surface area contributed by atoms with E-state index in [-0.39, 0.29) is 6.17 Å². The number of hydrogen-bond acceptors (Lipinski definition) is 3. The molecule has 2 N–H and O–H groups in total. The predicted octanol–water partition coefficient (Wildman–Crippen LogP) is 4.35. The second kappa shape index (κ2) is 6.87. The Hall–Kier alpha value is -2.62. The Labute approximate surface area is 142 Å². The second-order valence-electron chi connectivity index (χ2n) is 5.94. The van der Waals surface area contributed by atoms with Gasteiger partial charge in [0, 0.05) is 30.2 Å². The zero-order valence-corrected chi connectivity index (χ0v) is 13.5. The smallest absolute Gasteiger partial charge is 0.0836 e. The van der Waals surface area contributed by atoms with Crippen LogP contribution in [0.25, 0.3) is 0 Å². The van der Waals surface area contributed by atoms with Crippen LogP contribution in [0.15, 0.2) is 84.9 Å². The Balaban J connectivity index is 1.71. The lowest BCUT2D eigenvalue weighted by atomic mass is 10.1. The third kappa shape index (κ3) is 3.04. The van der Waals surface area contributed by atoms with Crippen molar-refractivity contribution in [2.75, 3.05) is 18.0 Å². The summed E-state index contributed by atoms with van der Waals surface area (Å²) in [5.41, 5.74) is 4.76. The summed E-state index contributed by atoms with van der Waals surface area (Å²) in [4.78, 5) is 2.28. The molecule has 0 aromatic heterocycles. The second-order valence-corrected chi connectivity index (χ2v) is 5.94. The fourth-order valence-electron chi connectivity index (χ4n) is 3.16. The minimum absolute atomic E-state index is 0.265. The van der Waals surface area contributed by atoms with Gasteiger partial charge in [-0.3, -0.25) is 10.6 Å². The number of benzene rings is 3. The number of anilines is 3. The van der Waals surface area contributed by atoms with Gasteiger partial charge in [0.05, 0.1) is 6.17 Å². The van der Waals surface area contributed by atoms with Crippen LogP contribution < -0.4 is 15.5 Å². The summed E-state index contributed by atoms with van der Waals surface area (Å²) in [6, 6.07) is 29.7. The first-order valence-electron chi connectivity index (χ1n) is 8.39. The standard InChI is InChI=1S/C21H21N3/c1-3-7-18(8-4-1)24(19-9-5-2-6-10-19)20-13-11-17(12-14-20)21-22-15-16-23-21/h1-14,21-23H,15-16H2. The summed E-state index contributed by atoms with van der Waals surface area (Å²) in [5, 5.41) is 6.92. The summed E-state index contributed by atoms with van der Waals surface area (Å²) in [5.74, 6) is 0. The van der Waals surface area contributed by atoms with Gasteiger partial charge in [-0.15, -0.1) is 0 Å². The molecule has 0 unspecified atom stereocenters. The highest BCUT2D eigenvalue weighted by Crippen LogP contribution is 2.34. The van der Waals surface area contributed by atoms with Gasteiger partial charge in [-0.25, -0.2) is 0 Å². The lowest BCUT2D eigenvalue weighted by Crippen LogP contribution is -2.21. The highest BCUT2D eigenvalue weighted by Gasteiger charge is 2.16. The Morgan fingerprint density at radius 3 is 1.54 bits per heavy atom. The van der Waals surface area contributed by atoms with Crippen LogP contribution in [0.1, 0.15) is 11.7 Å². The zero-order valence-electron chi connectivity index (χ0n) is 13.5. The van der Waals surface area contributed by atoms with Crippen LogP contribution in [0.3, 0.4) is 0 Å². The molecule has 3 aromatic rings. The molecule has 1 aliphatic heterocycles. The average Bonchev–Trinajstić information content (AvgIpc) is 3.19. The molecular weight excluding hydrogens is 294 g/mol. The van der Waals surface area contributed by atoms with Crippen molar-refractivity contribution < 1.29 is 0 Å². The first-order chi connectivity index (χ1) is 11.9. The quantitative estimate of drug-likeness (QED) is 0.749. The lowest BCUT2D eigenvalue weighted by Gasteiger charge is -2.25. The topological polar surface area (TPSA) is 27.3 Å². The summed E-state index contributed by atoms with van der Waals surface area (Å²) >= 11 is 0. The first kappa shape index (κ1) is 14.9. The average molecular weight is 315 g/mol. The minimum Gasteiger partial charge on any atom is -0.311 e. The molecule has 0 aliphatic carbocycles. The Kier molecular flexibility index (Phi) is 4.28. The van der Waals surface area contributed by atoms with Gasteiger partial charge >= 0.3 is 0 Å². The van der Waals surface area contributed by atoms with Crippen LogP contribution in [0.2, 0.25) is 0 Å². The molecule has 3 nitrogen and oxygen atoms in total. The molecule has 1 saturated heterocycles. The van der Waals surface area contributed by atoms with Gasteiger partial charge in [0.15, 0.2) is 0 Å². The normalized spacial score (nSPS) is 14.7. The molecule has 0 amide bonds. The van der Waals surface area contributed by atoms with Crippen molar-refractivity contribution in [3.05, 3.63) is 90.5 Å². The Bertz CT molecular complexity index is 724. The van der Waals surface area contributed by atoms with E-state index < -0.39 is 0 Å². The molecule has 0 atom stereocenters. The number of hydrogen-bond donors (Lipinski definition) is 2. The molecule has 0 radical (unpaired) electrons. The van der Waals surface area contributed by atoms with Gasteiger partial charge in [0.1, 0.15) is 0 Å². The number of nitrogens with one attached hydrogen (secondary N) is 2. The lowest BCUT2D eigenvalue weighted by molar-refractivity contribution is 0.588. The van der Waals surface area contributed by atoms with Crippen molar-refractivity contribution in [3.8, 4) is 0 Å². The molecule has 4 rings (SSSR count). The van der Waals surface area contributed by atoms with E-state index in [0.717, 1.165) is 30.2 Å². The van der Waals surface area contributed by atoms with Crippen LogP contribution >= 0.6 is 0 Å². The highest BCUT2D eigenvalue weighted by molar-refractivity contribution is 5.76. The largest absolute Gasteiger partial charge is 0.311 e. The molecule has 0 saturated carbocycles. The van der Waals surface area contributed by atoms with Crippen molar-refractivity contribution >= 4 is 17.1 Å². The van der Waals surface area contributed by atoms with E-state index in [1.807, 2.05) is 12.1 Å². The van der Waals surface area contributed by atoms with E-state index in [9.17, 15) is 0 Å². The van der Waals surface area contributed by atoms with Crippen LogP contribution in [0.4, 0.5) is 17.1 Å². The SMILES string of the molecule is c1ccc(N(c2ccccc2)c2ccc(C3NCCN3)cc2)cc1. The van der Waals surface area contributed by atoms with Gasteiger partial charge in [-0.05, 0) is 42.0 Å². The fourth-order valence-corrected chi connectivity index (χ4v) is 3.16. The molecule has 1 aliphatic rings. The van der Waals surface area contributed by atoms with E-state index in [0.29, 0.717) is 0 Å². The summed E-state index contributed by atoms with van der Waals surface area (Å²) in [6.45, 7) is 2.04. The van der Waals surface area contributed by atoms with Crippen molar-refractivity contribution in [2.45, 2.75) is 6.17 Å². The third-order valence-electron chi connectivity index (χ3n) is 4.34. The van der Waals surface area contributed by atoms with Crippen molar-refractivity contribution in [3.63, 3.8) is 0 Å². The van der Waals surface area contributed by atoms with E-state index in [1.54, 1.807) is 0 Å². The van der Waals surface area contributed by atoms with E-state index in [1.165, 1.54) is 5.56 Å². The molecular formula is C21H21N3. The van der Waals surface area contributed by atoms with Gasteiger partial charge < -0.3 is 4.90 Å². The number of para-hydroxylation sites is 2. The van der Waals surface area contributed by atoms with E-state index in [4.69, 9.17) is 0 Å². The fraction of sp³-hybridized carbons (Fsp3) is 0.143. The maximum Gasteiger partial charge on any atom is 0.0836 e. The monoisotopic (exact) mass is 315 g/mol. The maximum absolute atomic E-state index is 3.46. The number of nitrogens with zero attached hydrogens (tertiary/aromatic N) is 1. The molecule has 1 fully saturated rings. The van der Waals surface area contributed by atoms with Gasteiger partial charge in [-0.2, -0.15) is 0 Å². The minimum atomic E-state index is 0.265. The van der Waals surface area contributed by atoms with Gasteiger partial charge in [0.2, 0.25) is 0 Å². The van der Waals surface area contributed by atoms with E-state index >= 15 is 0 Å². The van der Waals surface area contributed by atoms with Crippen LogP contribution in [-0.2, 0) is 0 Å².